The van der Waals surface area contributed by atoms with Crippen molar-refractivity contribution in [3.05, 3.63) is 47.5 Å². The molecule has 0 aliphatic heterocycles. The molecule has 0 saturated carbocycles. The van der Waals surface area contributed by atoms with E-state index in [4.69, 9.17) is 25.8 Å². The molecule has 0 saturated heterocycles. The summed E-state index contributed by atoms with van der Waals surface area (Å²) in [5.74, 6) is 2.48. The van der Waals surface area contributed by atoms with E-state index in [-0.39, 0.29) is 0 Å². The molecule has 9 heteroatoms. The number of rotatable bonds is 6. The van der Waals surface area contributed by atoms with Gasteiger partial charge in [-0.15, -0.1) is 0 Å². The Labute approximate surface area is 178 Å². The van der Waals surface area contributed by atoms with E-state index < -0.39 is 0 Å². The maximum Gasteiger partial charge on any atom is 0.176 e. The van der Waals surface area contributed by atoms with Crippen LogP contribution in [0.25, 0.3) is 11.3 Å². The van der Waals surface area contributed by atoms with Crippen LogP contribution in [0.1, 0.15) is 0 Å². The number of anilines is 1. The first-order chi connectivity index (χ1) is 14.1. The molecule has 2 N–H and O–H groups in total. The van der Waals surface area contributed by atoms with Crippen molar-refractivity contribution in [1.82, 2.24) is 10.2 Å². The Morgan fingerprint density at radius 2 is 1.72 bits per heavy atom. The standard InChI is InChI=1S/C20H21ClN4O3S/c1-26-16-8-6-13(10-14(16)21)22-20(29-4)23-19-11-15(24-25-19)12-5-7-17(27-2)18(9-12)28-3/h5-11H,1-4H3,(H2,22,23,24,25). The van der Waals surface area contributed by atoms with Crippen molar-refractivity contribution in [3.8, 4) is 28.5 Å². The van der Waals surface area contributed by atoms with Crippen molar-refractivity contribution in [2.45, 2.75) is 0 Å². The Balaban J connectivity index is 1.81. The molecule has 0 radical (unpaired) electrons. The number of hydrogen-bond donors (Lipinski definition) is 2. The lowest BCUT2D eigenvalue weighted by Gasteiger charge is -2.09. The van der Waals surface area contributed by atoms with Crippen LogP contribution >= 0.6 is 23.4 Å². The number of thioether (sulfide) groups is 1. The molecule has 3 rings (SSSR count). The van der Waals surface area contributed by atoms with Crippen molar-refractivity contribution >= 4 is 40.0 Å². The third-order valence-electron chi connectivity index (χ3n) is 4.07. The highest BCUT2D eigenvalue weighted by atomic mass is 35.5. The van der Waals surface area contributed by atoms with E-state index in [1.165, 1.54) is 11.8 Å². The number of H-pyrrole nitrogens is 1. The highest BCUT2D eigenvalue weighted by Gasteiger charge is 2.10. The van der Waals surface area contributed by atoms with Crippen LogP contribution in [0.3, 0.4) is 0 Å². The van der Waals surface area contributed by atoms with Crippen molar-refractivity contribution < 1.29 is 14.2 Å². The van der Waals surface area contributed by atoms with Gasteiger partial charge in [0, 0.05) is 17.3 Å². The molecule has 1 aromatic heterocycles. The van der Waals surface area contributed by atoms with Gasteiger partial charge in [-0.25, -0.2) is 4.99 Å². The van der Waals surface area contributed by atoms with E-state index >= 15 is 0 Å². The summed E-state index contributed by atoms with van der Waals surface area (Å²) in [7, 11) is 4.79. The van der Waals surface area contributed by atoms with Gasteiger partial charge in [-0.1, -0.05) is 23.4 Å². The molecular weight excluding hydrogens is 412 g/mol. The summed E-state index contributed by atoms with van der Waals surface area (Å²) in [4.78, 5) is 4.56. The maximum atomic E-state index is 6.19. The smallest absolute Gasteiger partial charge is 0.176 e. The number of nitrogens with zero attached hydrogens (tertiary/aromatic N) is 2. The lowest BCUT2D eigenvalue weighted by atomic mass is 10.1. The maximum absolute atomic E-state index is 6.19. The van der Waals surface area contributed by atoms with Gasteiger partial charge in [0.2, 0.25) is 0 Å². The number of hydrogen-bond acceptors (Lipinski definition) is 6. The zero-order chi connectivity index (χ0) is 20.8. The van der Waals surface area contributed by atoms with E-state index in [1.807, 2.05) is 36.6 Å². The molecule has 0 fully saturated rings. The number of aromatic amines is 1. The fraction of sp³-hybridized carbons (Fsp3) is 0.200. The van der Waals surface area contributed by atoms with Crippen molar-refractivity contribution in [2.24, 2.45) is 4.99 Å². The van der Waals surface area contributed by atoms with E-state index in [0.29, 0.717) is 33.3 Å². The third-order valence-corrected chi connectivity index (χ3v) is 4.95. The molecule has 2 aromatic carbocycles. The zero-order valence-corrected chi connectivity index (χ0v) is 18.0. The summed E-state index contributed by atoms with van der Waals surface area (Å²) in [5.41, 5.74) is 2.54. The predicted molar refractivity (Wildman–Crippen MR) is 119 cm³/mol. The zero-order valence-electron chi connectivity index (χ0n) is 16.4. The number of ether oxygens (including phenoxy) is 3. The van der Waals surface area contributed by atoms with Crippen LogP contribution in [0, 0.1) is 0 Å². The largest absolute Gasteiger partial charge is 0.495 e. The number of nitrogens with one attached hydrogen (secondary N) is 2. The molecule has 0 amide bonds. The van der Waals surface area contributed by atoms with Crippen LogP contribution in [-0.4, -0.2) is 43.0 Å². The average Bonchev–Trinajstić information content (AvgIpc) is 3.21. The summed E-state index contributed by atoms with van der Waals surface area (Å²) in [6, 6.07) is 13.0. The van der Waals surface area contributed by atoms with Gasteiger partial charge < -0.3 is 19.5 Å². The summed E-state index contributed by atoms with van der Waals surface area (Å²) >= 11 is 7.65. The summed E-state index contributed by atoms with van der Waals surface area (Å²) in [5, 5.41) is 11.7. The molecule has 7 nitrogen and oxygen atoms in total. The molecule has 0 spiro atoms. The molecule has 0 atom stereocenters. The predicted octanol–water partition coefficient (Wildman–Crippen LogP) is 5.22. The van der Waals surface area contributed by atoms with Gasteiger partial charge >= 0.3 is 0 Å². The summed E-state index contributed by atoms with van der Waals surface area (Å²) < 4.78 is 15.8. The minimum absolute atomic E-state index is 0.522. The number of aliphatic imine (C=N–C) groups is 1. The van der Waals surface area contributed by atoms with Gasteiger partial charge in [0.15, 0.2) is 22.5 Å². The van der Waals surface area contributed by atoms with E-state index in [1.54, 1.807) is 33.5 Å². The summed E-state index contributed by atoms with van der Waals surface area (Å²) in [6.45, 7) is 0. The molecule has 0 bridgehead atoms. The van der Waals surface area contributed by atoms with Gasteiger partial charge in [-0.05, 0) is 42.7 Å². The van der Waals surface area contributed by atoms with Crippen LogP contribution in [0.4, 0.5) is 11.5 Å². The first kappa shape index (κ1) is 20.9. The first-order valence-corrected chi connectivity index (χ1v) is 10.2. The Kier molecular flexibility index (Phi) is 6.90. The van der Waals surface area contributed by atoms with Crippen LogP contribution in [-0.2, 0) is 0 Å². The molecule has 1 heterocycles. The van der Waals surface area contributed by atoms with Crippen LogP contribution in [0.15, 0.2) is 47.5 Å². The van der Waals surface area contributed by atoms with E-state index in [2.05, 4.69) is 20.5 Å². The molecule has 0 aliphatic carbocycles. The lowest BCUT2D eigenvalue weighted by Crippen LogP contribution is -2.06. The number of aromatic nitrogens is 2. The molecule has 152 valence electrons. The van der Waals surface area contributed by atoms with Gasteiger partial charge in [0.25, 0.3) is 0 Å². The van der Waals surface area contributed by atoms with Gasteiger partial charge in [-0.2, -0.15) is 5.10 Å². The van der Waals surface area contributed by atoms with Crippen LogP contribution in [0.5, 0.6) is 17.2 Å². The van der Waals surface area contributed by atoms with E-state index in [0.717, 1.165) is 16.9 Å². The lowest BCUT2D eigenvalue weighted by molar-refractivity contribution is 0.355. The summed E-state index contributed by atoms with van der Waals surface area (Å²) in [6.07, 6.45) is 1.93. The fourth-order valence-electron chi connectivity index (χ4n) is 2.62. The Morgan fingerprint density at radius 1 is 1.00 bits per heavy atom. The minimum Gasteiger partial charge on any atom is -0.495 e. The Bertz CT molecular complexity index is 1020. The van der Waals surface area contributed by atoms with Gasteiger partial charge in [0.1, 0.15) is 5.75 Å². The SMILES string of the molecule is COc1ccc(NC(=Nc2cc(-c3ccc(OC)c(OC)c3)[nH]n2)SC)cc1Cl. The number of benzene rings is 2. The van der Waals surface area contributed by atoms with Gasteiger partial charge in [0.05, 0.1) is 32.0 Å². The topological polar surface area (TPSA) is 80.8 Å². The van der Waals surface area contributed by atoms with Gasteiger partial charge in [-0.3, -0.25) is 5.10 Å². The average molecular weight is 433 g/mol. The van der Waals surface area contributed by atoms with Crippen molar-refractivity contribution in [1.29, 1.82) is 0 Å². The fourth-order valence-corrected chi connectivity index (χ4v) is 3.28. The van der Waals surface area contributed by atoms with E-state index in [9.17, 15) is 0 Å². The second-order valence-corrected chi connectivity index (χ2v) is 7.01. The quantitative estimate of drug-likeness (QED) is 0.410. The third kappa shape index (κ3) is 4.96. The number of amidine groups is 1. The first-order valence-electron chi connectivity index (χ1n) is 8.59. The highest BCUT2D eigenvalue weighted by molar-refractivity contribution is 8.13. The molecule has 0 aliphatic rings. The molecule has 0 unspecified atom stereocenters. The number of halogens is 1. The van der Waals surface area contributed by atoms with Crippen molar-refractivity contribution in [2.75, 3.05) is 32.9 Å². The normalized spacial score (nSPS) is 11.3. The monoisotopic (exact) mass is 432 g/mol. The Hall–Kier alpha value is -2.84. The minimum atomic E-state index is 0.522. The van der Waals surface area contributed by atoms with Crippen LogP contribution in [0.2, 0.25) is 5.02 Å². The van der Waals surface area contributed by atoms with Crippen LogP contribution < -0.4 is 19.5 Å². The second-order valence-electron chi connectivity index (χ2n) is 5.80. The molecule has 3 aromatic rings. The molecular formula is C20H21ClN4O3S. The highest BCUT2D eigenvalue weighted by Crippen LogP contribution is 2.33. The van der Waals surface area contributed by atoms with Crippen molar-refractivity contribution in [3.63, 3.8) is 0 Å². The second kappa shape index (κ2) is 9.58. The molecule has 29 heavy (non-hydrogen) atoms. The Morgan fingerprint density at radius 3 is 2.38 bits per heavy atom. The number of methoxy groups -OCH3 is 3.